The third-order valence-electron chi connectivity index (χ3n) is 3.45. The highest BCUT2D eigenvalue weighted by Crippen LogP contribution is 2.22. The van der Waals surface area contributed by atoms with Crippen LogP contribution in [0.2, 0.25) is 5.02 Å². The van der Waals surface area contributed by atoms with E-state index in [0.717, 1.165) is 17.7 Å². The van der Waals surface area contributed by atoms with Gasteiger partial charge in [-0.2, -0.15) is 0 Å². The van der Waals surface area contributed by atoms with Gasteiger partial charge < -0.3 is 5.32 Å². The zero-order valence-electron chi connectivity index (χ0n) is 13.2. The lowest BCUT2D eigenvalue weighted by Gasteiger charge is -2.05. The molecule has 0 aliphatic rings. The van der Waals surface area contributed by atoms with E-state index in [1.165, 1.54) is 0 Å². The van der Waals surface area contributed by atoms with Gasteiger partial charge in [-0.3, -0.25) is 4.79 Å². The van der Waals surface area contributed by atoms with Crippen molar-refractivity contribution in [2.24, 2.45) is 0 Å². The first-order valence-electron chi connectivity index (χ1n) is 7.75. The fraction of sp³-hybridized carbons (Fsp3) is 0.167. The Kier molecular flexibility index (Phi) is 4.91. The smallest absolute Gasteiger partial charge is 0.290 e. The van der Waals surface area contributed by atoms with Gasteiger partial charge in [-0.05, 0) is 30.7 Å². The summed E-state index contributed by atoms with van der Waals surface area (Å²) in [6, 6.07) is 16.9. The van der Waals surface area contributed by atoms with E-state index < -0.39 is 0 Å². The van der Waals surface area contributed by atoms with Crippen molar-refractivity contribution < 1.29 is 4.79 Å². The number of hydrogen-bond acceptors (Lipinski definition) is 3. The molecule has 1 aromatic heterocycles. The van der Waals surface area contributed by atoms with Gasteiger partial charge >= 0.3 is 0 Å². The number of nitrogens with zero attached hydrogens (tertiary/aromatic N) is 3. The van der Waals surface area contributed by atoms with Gasteiger partial charge in [-0.15, -0.1) is 5.10 Å². The zero-order chi connectivity index (χ0) is 16.9. The van der Waals surface area contributed by atoms with Crippen molar-refractivity contribution in [1.82, 2.24) is 20.1 Å². The maximum atomic E-state index is 12.2. The Labute approximate surface area is 145 Å². The topological polar surface area (TPSA) is 59.8 Å². The summed E-state index contributed by atoms with van der Waals surface area (Å²) in [6.45, 7) is 2.59. The van der Waals surface area contributed by atoms with Crippen LogP contribution in [0.1, 0.15) is 24.0 Å². The molecule has 0 spiro atoms. The molecule has 5 nitrogen and oxygen atoms in total. The van der Waals surface area contributed by atoms with Gasteiger partial charge in [0.15, 0.2) is 5.82 Å². The first kappa shape index (κ1) is 16.2. The van der Waals surface area contributed by atoms with Crippen LogP contribution in [0, 0.1) is 0 Å². The second-order valence-electron chi connectivity index (χ2n) is 5.27. The van der Waals surface area contributed by atoms with Crippen molar-refractivity contribution in [3.8, 4) is 17.1 Å². The first-order chi connectivity index (χ1) is 11.7. The fourth-order valence-electron chi connectivity index (χ4n) is 2.26. The lowest BCUT2D eigenvalue weighted by atomic mass is 10.2. The predicted octanol–water partition coefficient (Wildman–Crippen LogP) is 3.73. The summed E-state index contributed by atoms with van der Waals surface area (Å²) in [7, 11) is 0. The minimum Gasteiger partial charge on any atom is -0.349 e. The standard InChI is InChI=1S/C18H17ClN4O/c1-2-12-20-18(24)16-21-17(13-6-4-3-5-7-13)23(22-16)15-10-8-14(19)9-11-15/h3-11H,2,12H2,1H3,(H,20,24). The molecule has 0 radical (unpaired) electrons. The second kappa shape index (κ2) is 7.27. The average molecular weight is 341 g/mol. The molecule has 0 fully saturated rings. The molecule has 122 valence electrons. The molecule has 0 saturated carbocycles. The maximum Gasteiger partial charge on any atom is 0.290 e. The number of amides is 1. The Morgan fingerprint density at radius 1 is 1.12 bits per heavy atom. The molecule has 3 rings (SSSR count). The van der Waals surface area contributed by atoms with Crippen LogP contribution in [0.4, 0.5) is 0 Å². The quantitative estimate of drug-likeness (QED) is 0.770. The van der Waals surface area contributed by atoms with Crippen LogP contribution in [0.25, 0.3) is 17.1 Å². The molecule has 0 atom stereocenters. The van der Waals surface area contributed by atoms with Gasteiger partial charge in [0.2, 0.25) is 5.82 Å². The summed E-state index contributed by atoms with van der Waals surface area (Å²) in [5.74, 6) is 0.485. The summed E-state index contributed by atoms with van der Waals surface area (Å²) in [4.78, 5) is 16.7. The number of halogens is 1. The van der Waals surface area contributed by atoms with Gasteiger partial charge in [-0.1, -0.05) is 48.9 Å². The molecule has 0 bridgehead atoms. The van der Waals surface area contributed by atoms with E-state index in [4.69, 9.17) is 11.6 Å². The monoisotopic (exact) mass is 340 g/mol. The third-order valence-corrected chi connectivity index (χ3v) is 3.70. The summed E-state index contributed by atoms with van der Waals surface area (Å²) in [6.07, 6.45) is 0.856. The van der Waals surface area contributed by atoms with Crippen LogP contribution in [-0.2, 0) is 0 Å². The van der Waals surface area contributed by atoms with E-state index in [9.17, 15) is 4.79 Å². The van der Waals surface area contributed by atoms with Gasteiger partial charge in [0, 0.05) is 17.1 Å². The largest absolute Gasteiger partial charge is 0.349 e. The predicted molar refractivity (Wildman–Crippen MR) is 94.4 cm³/mol. The third kappa shape index (κ3) is 3.46. The molecule has 0 aliphatic carbocycles. The maximum absolute atomic E-state index is 12.2. The number of benzene rings is 2. The molecule has 6 heteroatoms. The molecular weight excluding hydrogens is 324 g/mol. The highest BCUT2D eigenvalue weighted by Gasteiger charge is 2.18. The lowest BCUT2D eigenvalue weighted by molar-refractivity contribution is 0.0943. The van der Waals surface area contributed by atoms with E-state index in [-0.39, 0.29) is 11.7 Å². The van der Waals surface area contributed by atoms with Crippen LogP contribution in [0.3, 0.4) is 0 Å². The molecular formula is C18H17ClN4O. The summed E-state index contributed by atoms with van der Waals surface area (Å²) >= 11 is 5.96. The van der Waals surface area contributed by atoms with E-state index in [1.54, 1.807) is 16.8 Å². The van der Waals surface area contributed by atoms with Crippen molar-refractivity contribution in [2.45, 2.75) is 13.3 Å². The molecule has 1 N–H and O–H groups in total. The van der Waals surface area contributed by atoms with Crippen molar-refractivity contribution in [3.05, 3.63) is 65.4 Å². The van der Waals surface area contributed by atoms with Crippen LogP contribution in [-0.4, -0.2) is 27.2 Å². The Hall–Kier alpha value is -2.66. The number of aromatic nitrogens is 3. The van der Waals surface area contributed by atoms with E-state index >= 15 is 0 Å². The van der Waals surface area contributed by atoms with Crippen LogP contribution >= 0.6 is 11.6 Å². The molecule has 0 saturated heterocycles. The second-order valence-corrected chi connectivity index (χ2v) is 5.71. The number of rotatable bonds is 5. The number of nitrogens with one attached hydrogen (secondary N) is 1. The van der Waals surface area contributed by atoms with Crippen molar-refractivity contribution in [2.75, 3.05) is 6.54 Å². The zero-order valence-corrected chi connectivity index (χ0v) is 14.0. The first-order valence-corrected chi connectivity index (χ1v) is 8.13. The van der Waals surface area contributed by atoms with Crippen LogP contribution in [0.15, 0.2) is 54.6 Å². The lowest BCUT2D eigenvalue weighted by Crippen LogP contribution is -2.25. The van der Waals surface area contributed by atoms with E-state index in [0.29, 0.717) is 17.4 Å². The van der Waals surface area contributed by atoms with Crippen molar-refractivity contribution in [3.63, 3.8) is 0 Å². The molecule has 24 heavy (non-hydrogen) atoms. The van der Waals surface area contributed by atoms with E-state index in [1.807, 2.05) is 49.4 Å². The molecule has 0 aliphatic heterocycles. The fourth-order valence-corrected chi connectivity index (χ4v) is 2.39. The molecule has 3 aromatic rings. The normalized spacial score (nSPS) is 10.6. The van der Waals surface area contributed by atoms with E-state index in [2.05, 4.69) is 15.4 Å². The SMILES string of the molecule is CCCNC(=O)c1nc(-c2ccccc2)n(-c2ccc(Cl)cc2)n1. The van der Waals surface area contributed by atoms with Crippen LogP contribution < -0.4 is 5.32 Å². The van der Waals surface area contributed by atoms with Gasteiger partial charge in [-0.25, -0.2) is 9.67 Å². The minimum atomic E-state index is -0.276. The number of carbonyl (C=O) groups is 1. The summed E-state index contributed by atoms with van der Waals surface area (Å²) in [5, 5.41) is 7.83. The Bertz CT molecular complexity index is 828. The summed E-state index contributed by atoms with van der Waals surface area (Å²) in [5.41, 5.74) is 1.68. The Balaban J connectivity index is 2.06. The minimum absolute atomic E-state index is 0.150. The average Bonchev–Trinajstić information content (AvgIpc) is 3.06. The highest BCUT2D eigenvalue weighted by atomic mass is 35.5. The Morgan fingerprint density at radius 2 is 1.83 bits per heavy atom. The van der Waals surface area contributed by atoms with Crippen molar-refractivity contribution in [1.29, 1.82) is 0 Å². The number of hydrogen-bond donors (Lipinski definition) is 1. The molecule has 0 unspecified atom stereocenters. The van der Waals surface area contributed by atoms with Gasteiger partial charge in [0.05, 0.1) is 5.69 Å². The molecule has 1 amide bonds. The van der Waals surface area contributed by atoms with Gasteiger partial charge in [0.25, 0.3) is 5.91 Å². The van der Waals surface area contributed by atoms with Crippen LogP contribution in [0.5, 0.6) is 0 Å². The Morgan fingerprint density at radius 3 is 2.50 bits per heavy atom. The summed E-state index contributed by atoms with van der Waals surface area (Å²) < 4.78 is 1.66. The van der Waals surface area contributed by atoms with Gasteiger partial charge in [0.1, 0.15) is 0 Å². The highest BCUT2D eigenvalue weighted by molar-refractivity contribution is 6.30. The molecule has 2 aromatic carbocycles. The van der Waals surface area contributed by atoms with Crippen molar-refractivity contribution >= 4 is 17.5 Å². The number of carbonyl (C=O) groups excluding carboxylic acids is 1. The molecule has 1 heterocycles.